The van der Waals surface area contributed by atoms with Crippen LogP contribution in [0.2, 0.25) is 0 Å². The lowest BCUT2D eigenvalue weighted by Crippen LogP contribution is -1.93. The fourth-order valence-electron chi connectivity index (χ4n) is 1.71. The molecule has 1 heteroatoms. The van der Waals surface area contributed by atoms with Crippen LogP contribution in [0.5, 0.6) is 0 Å². The van der Waals surface area contributed by atoms with E-state index in [4.69, 9.17) is 0 Å². The van der Waals surface area contributed by atoms with Crippen molar-refractivity contribution in [2.45, 2.75) is 65.2 Å². The van der Waals surface area contributed by atoms with E-state index < -0.39 is 0 Å². The molecule has 1 unspecified atom stereocenters. The van der Waals surface area contributed by atoms with Crippen LogP contribution in [-0.2, 0) is 4.79 Å². The molecule has 0 amide bonds. The first-order valence-corrected chi connectivity index (χ1v) is 5.74. The summed E-state index contributed by atoms with van der Waals surface area (Å²) in [5.41, 5.74) is 0. The zero-order chi connectivity index (χ0) is 9.94. The fourth-order valence-corrected chi connectivity index (χ4v) is 1.71. The molecule has 0 fully saturated rings. The van der Waals surface area contributed by atoms with Crippen molar-refractivity contribution in [3.63, 3.8) is 0 Å². The predicted octanol–water partition coefficient (Wildman–Crippen LogP) is 3.96. The Labute approximate surface area is 82.9 Å². The minimum absolute atomic E-state index is 0.754. The van der Waals surface area contributed by atoms with Gasteiger partial charge in [0.05, 0.1) is 0 Å². The van der Waals surface area contributed by atoms with E-state index in [2.05, 4.69) is 13.8 Å². The zero-order valence-electron chi connectivity index (χ0n) is 9.22. The van der Waals surface area contributed by atoms with Crippen LogP contribution in [-0.4, -0.2) is 6.29 Å². The lowest BCUT2D eigenvalue weighted by atomic mass is 9.98. The summed E-state index contributed by atoms with van der Waals surface area (Å²) in [5, 5.41) is 0. The first-order valence-electron chi connectivity index (χ1n) is 5.74. The number of hydrogen-bond donors (Lipinski definition) is 0. The van der Waals surface area contributed by atoms with Gasteiger partial charge < -0.3 is 4.79 Å². The summed E-state index contributed by atoms with van der Waals surface area (Å²) in [7, 11) is 0. The maximum Gasteiger partial charge on any atom is 0.119 e. The Morgan fingerprint density at radius 3 is 2.38 bits per heavy atom. The maximum absolute atomic E-state index is 10.0. The molecule has 0 rings (SSSR count). The van der Waals surface area contributed by atoms with Crippen LogP contribution in [0.4, 0.5) is 0 Å². The Bertz CT molecular complexity index is 110. The summed E-state index contributed by atoms with van der Waals surface area (Å²) >= 11 is 0. The van der Waals surface area contributed by atoms with Crippen molar-refractivity contribution in [2.75, 3.05) is 0 Å². The Balaban J connectivity index is 3.01. The van der Waals surface area contributed by atoms with Crippen molar-refractivity contribution in [2.24, 2.45) is 5.92 Å². The summed E-state index contributed by atoms with van der Waals surface area (Å²) in [6.07, 6.45) is 10.8. The number of aldehydes is 1. The van der Waals surface area contributed by atoms with Gasteiger partial charge in [-0.25, -0.2) is 0 Å². The summed E-state index contributed by atoms with van der Waals surface area (Å²) in [6.45, 7) is 4.59. The first kappa shape index (κ1) is 12.7. The Morgan fingerprint density at radius 1 is 1.08 bits per heavy atom. The van der Waals surface area contributed by atoms with Crippen LogP contribution >= 0.6 is 0 Å². The van der Waals surface area contributed by atoms with E-state index >= 15 is 0 Å². The second kappa shape index (κ2) is 9.76. The van der Waals surface area contributed by atoms with Crippen LogP contribution in [0.25, 0.3) is 0 Å². The molecule has 0 aliphatic rings. The molecule has 0 radical (unpaired) electrons. The third kappa shape index (κ3) is 9.59. The third-order valence-electron chi connectivity index (χ3n) is 2.55. The molecule has 0 aromatic heterocycles. The molecule has 0 aliphatic carbocycles. The monoisotopic (exact) mass is 184 g/mol. The van der Waals surface area contributed by atoms with Crippen LogP contribution < -0.4 is 0 Å². The Morgan fingerprint density at radius 2 is 1.77 bits per heavy atom. The number of unbranched alkanes of at least 4 members (excludes halogenated alkanes) is 4. The van der Waals surface area contributed by atoms with Gasteiger partial charge in [0.15, 0.2) is 0 Å². The van der Waals surface area contributed by atoms with E-state index in [1.807, 2.05) is 0 Å². The highest BCUT2D eigenvalue weighted by atomic mass is 16.1. The summed E-state index contributed by atoms with van der Waals surface area (Å²) in [6, 6.07) is 0. The van der Waals surface area contributed by atoms with Gasteiger partial charge in [-0.05, 0) is 12.3 Å². The van der Waals surface area contributed by atoms with Crippen LogP contribution in [0.3, 0.4) is 0 Å². The van der Waals surface area contributed by atoms with E-state index in [-0.39, 0.29) is 0 Å². The maximum atomic E-state index is 10.0. The van der Waals surface area contributed by atoms with Gasteiger partial charge in [-0.15, -0.1) is 0 Å². The minimum Gasteiger partial charge on any atom is -0.303 e. The van der Waals surface area contributed by atoms with Gasteiger partial charge in [-0.2, -0.15) is 0 Å². The molecule has 0 aliphatic heterocycles. The van der Waals surface area contributed by atoms with E-state index in [9.17, 15) is 4.79 Å². The minimum atomic E-state index is 0.754. The highest BCUT2D eigenvalue weighted by Gasteiger charge is 1.99. The van der Waals surface area contributed by atoms with Crippen LogP contribution in [0, 0.1) is 5.92 Å². The molecule has 0 aromatic rings. The largest absolute Gasteiger partial charge is 0.303 e. The van der Waals surface area contributed by atoms with Gasteiger partial charge in [0.25, 0.3) is 0 Å². The third-order valence-corrected chi connectivity index (χ3v) is 2.55. The van der Waals surface area contributed by atoms with Crippen molar-refractivity contribution in [1.29, 1.82) is 0 Å². The molecule has 13 heavy (non-hydrogen) atoms. The molecule has 0 aromatic carbocycles. The summed E-state index contributed by atoms with van der Waals surface area (Å²) in [5.74, 6) is 0.899. The standard InChI is InChI=1S/C12H24O/c1-3-9-12(2)10-7-5-4-6-8-11-13/h11-12H,3-10H2,1-2H3. The van der Waals surface area contributed by atoms with Crippen molar-refractivity contribution in [1.82, 2.24) is 0 Å². The van der Waals surface area contributed by atoms with Crippen molar-refractivity contribution >= 4 is 6.29 Å². The SMILES string of the molecule is CCCC(C)CCCCCCC=O. The highest BCUT2D eigenvalue weighted by Crippen LogP contribution is 2.15. The van der Waals surface area contributed by atoms with Crippen molar-refractivity contribution in [3.05, 3.63) is 0 Å². The lowest BCUT2D eigenvalue weighted by Gasteiger charge is -2.08. The molecule has 0 heterocycles. The topological polar surface area (TPSA) is 17.1 Å². The fraction of sp³-hybridized carbons (Fsp3) is 0.917. The highest BCUT2D eigenvalue weighted by molar-refractivity contribution is 5.48. The molecule has 1 nitrogen and oxygen atoms in total. The van der Waals surface area contributed by atoms with Crippen LogP contribution in [0.1, 0.15) is 65.2 Å². The first-order chi connectivity index (χ1) is 6.31. The molecule has 0 saturated heterocycles. The quantitative estimate of drug-likeness (QED) is 0.391. The summed E-state index contributed by atoms with van der Waals surface area (Å²) < 4.78 is 0. The molecule has 0 N–H and O–H groups in total. The lowest BCUT2D eigenvalue weighted by molar-refractivity contribution is -0.107. The van der Waals surface area contributed by atoms with Gasteiger partial charge in [-0.3, -0.25) is 0 Å². The molecule has 78 valence electrons. The average molecular weight is 184 g/mol. The molecular weight excluding hydrogens is 160 g/mol. The second-order valence-electron chi connectivity index (χ2n) is 4.05. The van der Waals surface area contributed by atoms with Gasteiger partial charge in [-0.1, -0.05) is 52.4 Å². The Kier molecular flexibility index (Phi) is 9.51. The number of carbonyl (C=O) groups excluding carboxylic acids is 1. The zero-order valence-corrected chi connectivity index (χ0v) is 9.22. The van der Waals surface area contributed by atoms with Crippen LogP contribution in [0.15, 0.2) is 0 Å². The van der Waals surface area contributed by atoms with Crippen molar-refractivity contribution < 1.29 is 4.79 Å². The van der Waals surface area contributed by atoms with Crippen molar-refractivity contribution in [3.8, 4) is 0 Å². The van der Waals surface area contributed by atoms with Gasteiger partial charge in [0, 0.05) is 6.42 Å². The summed E-state index contributed by atoms with van der Waals surface area (Å²) in [4.78, 5) is 10.0. The molecule has 1 atom stereocenters. The van der Waals surface area contributed by atoms with E-state index in [1.165, 1.54) is 38.5 Å². The Hall–Kier alpha value is -0.330. The van der Waals surface area contributed by atoms with Gasteiger partial charge in [0.1, 0.15) is 6.29 Å². The second-order valence-corrected chi connectivity index (χ2v) is 4.05. The van der Waals surface area contributed by atoms with Gasteiger partial charge >= 0.3 is 0 Å². The number of hydrogen-bond acceptors (Lipinski definition) is 1. The van der Waals surface area contributed by atoms with E-state index in [0.29, 0.717) is 0 Å². The van der Waals surface area contributed by atoms with Gasteiger partial charge in [0.2, 0.25) is 0 Å². The average Bonchev–Trinajstić information content (AvgIpc) is 2.11. The number of carbonyl (C=O) groups is 1. The smallest absolute Gasteiger partial charge is 0.119 e. The molecule has 0 bridgehead atoms. The molecule has 0 saturated carbocycles. The normalized spacial score (nSPS) is 12.8. The predicted molar refractivity (Wildman–Crippen MR) is 57.8 cm³/mol. The molecular formula is C12H24O. The van der Waals surface area contributed by atoms with E-state index in [1.54, 1.807) is 0 Å². The van der Waals surface area contributed by atoms with E-state index in [0.717, 1.165) is 25.0 Å². The molecule has 0 spiro atoms. The number of rotatable bonds is 9.